The van der Waals surface area contributed by atoms with Gasteiger partial charge >= 0.3 is 5.97 Å². The summed E-state index contributed by atoms with van der Waals surface area (Å²) < 4.78 is 0. The van der Waals surface area contributed by atoms with Crippen molar-refractivity contribution in [1.29, 1.82) is 0 Å². The number of carboxylic acid groups (broad SMARTS) is 1. The van der Waals surface area contributed by atoms with Gasteiger partial charge in [0.05, 0.1) is 6.42 Å². The number of hydroxylamine groups is 1. The zero-order valence-electron chi connectivity index (χ0n) is 5.51. The van der Waals surface area contributed by atoms with Gasteiger partial charge < -0.3 is 10.3 Å². The second-order valence-corrected chi connectivity index (χ2v) is 2.57. The van der Waals surface area contributed by atoms with Gasteiger partial charge in [0, 0.05) is 5.54 Å². The molecule has 4 heteroatoms. The van der Waals surface area contributed by atoms with Crippen molar-refractivity contribution in [2.24, 2.45) is 0 Å². The van der Waals surface area contributed by atoms with Crippen LogP contribution < -0.4 is 5.48 Å². The molecule has 0 atom stereocenters. The Balaban J connectivity index is 3.71. The van der Waals surface area contributed by atoms with E-state index in [1.165, 1.54) is 0 Å². The van der Waals surface area contributed by atoms with E-state index in [1.54, 1.807) is 13.8 Å². The molecule has 0 bridgehead atoms. The molecule has 4 nitrogen and oxygen atoms in total. The van der Waals surface area contributed by atoms with Crippen molar-refractivity contribution in [3.8, 4) is 0 Å². The predicted molar refractivity (Wildman–Crippen MR) is 31.3 cm³/mol. The molecule has 0 saturated heterocycles. The zero-order chi connectivity index (χ0) is 7.49. The average molecular weight is 133 g/mol. The lowest BCUT2D eigenvalue weighted by Gasteiger charge is -2.18. The molecule has 0 radical (unpaired) electrons. The van der Waals surface area contributed by atoms with E-state index in [9.17, 15) is 4.79 Å². The Morgan fingerprint density at radius 1 is 1.67 bits per heavy atom. The molecular formula is C5H11NO3. The largest absolute Gasteiger partial charge is 0.481 e. The van der Waals surface area contributed by atoms with E-state index in [1.807, 2.05) is 5.48 Å². The van der Waals surface area contributed by atoms with Crippen molar-refractivity contribution in [3.05, 3.63) is 0 Å². The second kappa shape index (κ2) is 2.80. The number of nitrogens with one attached hydrogen (secondary N) is 1. The van der Waals surface area contributed by atoms with Gasteiger partial charge in [-0.15, -0.1) is 0 Å². The summed E-state index contributed by atoms with van der Waals surface area (Å²) in [6, 6.07) is 0. The zero-order valence-corrected chi connectivity index (χ0v) is 5.51. The third-order valence-electron chi connectivity index (χ3n) is 0.896. The Bertz CT molecular complexity index is 111. The minimum atomic E-state index is -0.929. The maximum atomic E-state index is 10.0. The Labute approximate surface area is 53.5 Å². The normalized spacial score (nSPS) is 11.4. The second-order valence-electron chi connectivity index (χ2n) is 2.57. The van der Waals surface area contributed by atoms with Crippen LogP contribution in [0, 0.1) is 0 Å². The first kappa shape index (κ1) is 8.39. The maximum Gasteiger partial charge on any atom is 0.305 e. The minimum Gasteiger partial charge on any atom is -0.481 e. The summed E-state index contributed by atoms with van der Waals surface area (Å²) in [5.41, 5.74) is 1.16. The molecule has 54 valence electrons. The van der Waals surface area contributed by atoms with Crippen LogP contribution in [-0.2, 0) is 4.79 Å². The summed E-state index contributed by atoms with van der Waals surface area (Å²) in [7, 11) is 0. The first-order valence-electron chi connectivity index (χ1n) is 2.61. The summed E-state index contributed by atoms with van der Waals surface area (Å²) in [4.78, 5) is 10.0. The van der Waals surface area contributed by atoms with Crippen molar-refractivity contribution in [2.75, 3.05) is 0 Å². The van der Waals surface area contributed by atoms with E-state index in [4.69, 9.17) is 10.3 Å². The lowest BCUT2D eigenvalue weighted by Crippen LogP contribution is -2.38. The van der Waals surface area contributed by atoms with E-state index in [-0.39, 0.29) is 6.42 Å². The lowest BCUT2D eigenvalue weighted by atomic mass is 10.0. The molecule has 0 aromatic rings. The van der Waals surface area contributed by atoms with Crippen LogP contribution >= 0.6 is 0 Å². The third-order valence-corrected chi connectivity index (χ3v) is 0.896. The molecule has 0 fully saturated rings. The van der Waals surface area contributed by atoms with Crippen LogP contribution in [0.25, 0.3) is 0 Å². The molecule has 0 rings (SSSR count). The Morgan fingerprint density at radius 2 is 2.11 bits per heavy atom. The van der Waals surface area contributed by atoms with E-state index in [0.29, 0.717) is 0 Å². The topological polar surface area (TPSA) is 69.6 Å². The first-order chi connectivity index (χ1) is 3.98. The Hall–Kier alpha value is -0.610. The fourth-order valence-corrected chi connectivity index (χ4v) is 0.418. The minimum absolute atomic E-state index is 0.0938. The maximum absolute atomic E-state index is 10.0. The quantitative estimate of drug-likeness (QED) is 0.481. The van der Waals surface area contributed by atoms with Crippen molar-refractivity contribution in [3.63, 3.8) is 0 Å². The molecule has 0 aromatic heterocycles. The number of carboxylic acids is 1. The number of rotatable bonds is 3. The summed E-state index contributed by atoms with van der Waals surface area (Å²) in [5.74, 6) is -0.929. The van der Waals surface area contributed by atoms with Crippen LogP contribution in [-0.4, -0.2) is 21.8 Å². The molecule has 0 saturated carbocycles. The van der Waals surface area contributed by atoms with Gasteiger partial charge in [0.1, 0.15) is 0 Å². The summed E-state index contributed by atoms with van der Waals surface area (Å²) >= 11 is 0. The fraction of sp³-hybridized carbons (Fsp3) is 0.800. The van der Waals surface area contributed by atoms with Gasteiger partial charge in [-0.05, 0) is 13.8 Å². The van der Waals surface area contributed by atoms with Gasteiger partial charge in [-0.3, -0.25) is 4.79 Å². The molecule has 0 amide bonds. The molecule has 9 heavy (non-hydrogen) atoms. The molecule has 0 aliphatic carbocycles. The predicted octanol–water partition coefficient (Wildman–Crippen LogP) is 0.219. The van der Waals surface area contributed by atoms with E-state index >= 15 is 0 Å². The number of carbonyl (C=O) groups is 1. The van der Waals surface area contributed by atoms with Crippen LogP contribution in [0.1, 0.15) is 20.3 Å². The third kappa shape index (κ3) is 3.93. The monoisotopic (exact) mass is 133 g/mol. The summed E-state index contributed by atoms with van der Waals surface area (Å²) in [6.45, 7) is 3.20. The lowest BCUT2D eigenvalue weighted by molar-refractivity contribution is -0.139. The van der Waals surface area contributed by atoms with Crippen molar-refractivity contribution >= 4 is 5.97 Å². The van der Waals surface area contributed by atoms with E-state index < -0.39 is 11.5 Å². The van der Waals surface area contributed by atoms with Crippen LogP contribution in [0.3, 0.4) is 0 Å². The number of hydrogen-bond donors (Lipinski definition) is 3. The molecule has 0 aromatic carbocycles. The van der Waals surface area contributed by atoms with Gasteiger partial charge in [0.15, 0.2) is 0 Å². The van der Waals surface area contributed by atoms with Crippen molar-refractivity contribution in [2.45, 2.75) is 25.8 Å². The van der Waals surface area contributed by atoms with E-state index in [0.717, 1.165) is 0 Å². The summed E-state index contributed by atoms with van der Waals surface area (Å²) in [5, 5.41) is 16.6. The molecule has 0 aliphatic heterocycles. The number of aliphatic carboxylic acids is 1. The van der Waals surface area contributed by atoms with Gasteiger partial charge in [-0.25, -0.2) is 0 Å². The highest BCUT2D eigenvalue weighted by Crippen LogP contribution is 2.05. The standard InChI is InChI=1S/C5H11NO3/c1-5(2,6-9)3-4(7)8/h6,9H,3H2,1-2H3,(H,7,8). The van der Waals surface area contributed by atoms with Crippen LogP contribution in [0.2, 0.25) is 0 Å². The smallest absolute Gasteiger partial charge is 0.305 e. The molecular weight excluding hydrogens is 122 g/mol. The Morgan fingerprint density at radius 3 is 2.22 bits per heavy atom. The van der Waals surface area contributed by atoms with E-state index in [2.05, 4.69) is 0 Å². The van der Waals surface area contributed by atoms with Gasteiger partial charge in [-0.2, -0.15) is 5.48 Å². The van der Waals surface area contributed by atoms with Crippen molar-refractivity contribution < 1.29 is 15.1 Å². The highest BCUT2D eigenvalue weighted by molar-refractivity contribution is 5.68. The first-order valence-corrected chi connectivity index (χ1v) is 2.61. The molecule has 0 heterocycles. The van der Waals surface area contributed by atoms with Gasteiger partial charge in [0.25, 0.3) is 0 Å². The summed E-state index contributed by atoms with van der Waals surface area (Å²) in [6.07, 6.45) is -0.0938. The Kier molecular flexibility index (Phi) is 2.61. The fourth-order valence-electron chi connectivity index (χ4n) is 0.418. The van der Waals surface area contributed by atoms with Gasteiger partial charge in [-0.1, -0.05) is 0 Å². The highest BCUT2D eigenvalue weighted by Gasteiger charge is 2.19. The van der Waals surface area contributed by atoms with Gasteiger partial charge in [0.2, 0.25) is 0 Å². The SMILES string of the molecule is CC(C)(CC(=O)O)NO. The van der Waals surface area contributed by atoms with Crippen LogP contribution in [0.5, 0.6) is 0 Å². The molecule has 0 spiro atoms. The van der Waals surface area contributed by atoms with Crippen molar-refractivity contribution in [1.82, 2.24) is 5.48 Å². The molecule has 3 N–H and O–H groups in total. The average Bonchev–Trinajstić information content (AvgIpc) is 1.63. The molecule has 0 aliphatic rings. The molecule has 0 unspecified atom stereocenters. The number of hydrogen-bond acceptors (Lipinski definition) is 3. The van der Waals surface area contributed by atoms with Crippen LogP contribution in [0.4, 0.5) is 0 Å². The van der Waals surface area contributed by atoms with Crippen LogP contribution in [0.15, 0.2) is 0 Å². The highest BCUT2D eigenvalue weighted by atomic mass is 16.5.